The molecule has 1 aromatic heterocycles. The van der Waals surface area contributed by atoms with Crippen LogP contribution in [0.25, 0.3) is 0 Å². The molecule has 3 aromatic rings. The van der Waals surface area contributed by atoms with Crippen LogP contribution in [0.15, 0.2) is 47.3 Å². The number of nitrogens with one attached hydrogen (secondary N) is 4. The number of aromatic nitrogens is 2. The smallest absolute Gasteiger partial charge is 0.258 e. The van der Waals surface area contributed by atoms with Crippen LogP contribution >= 0.6 is 23.2 Å². The number of hydrogen-bond donors (Lipinski definition) is 4. The van der Waals surface area contributed by atoms with E-state index in [-0.39, 0.29) is 23.8 Å². The van der Waals surface area contributed by atoms with Crippen LogP contribution in [0.5, 0.6) is 0 Å². The third kappa shape index (κ3) is 4.70. The van der Waals surface area contributed by atoms with Crippen LogP contribution in [0.4, 0.5) is 23.1 Å². The van der Waals surface area contributed by atoms with Crippen LogP contribution in [0.1, 0.15) is 23.5 Å². The van der Waals surface area contributed by atoms with Crippen molar-refractivity contribution in [2.24, 2.45) is 0 Å². The van der Waals surface area contributed by atoms with Gasteiger partial charge in [-0.2, -0.15) is 4.98 Å². The average molecular weight is 458 g/mol. The number of anilines is 4. The highest BCUT2D eigenvalue weighted by Crippen LogP contribution is 2.31. The van der Waals surface area contributed by atoms with E-state index in [1.807, 2.05) is 31.2 Å². The fourth-order valence-corrected chi connectivity index (χ4v) is 3.81. The lowest BCUT2D eigenvalue weighted by Gasteiger charge is -2.23. The summed E-state index contributed by atoms with van der Waals surface area (Å²) in [5, 5.41) is 8.90. The molecule has 0 spiro atoms. The Hall–Kier alpha value is -3.36. The Balaban J connectivity index is 1.64. The fourth-order valence-electron chi connectivity index (χ4n) is 3.28. The SMILES string of the molecule is Cc1ccc(Nc2nc3c(c(=O)[nH]2)C(C(=O)Nc2cc(Cl)cc(Cl)c2)CC(=O)N3)cc1. The molecule has 8 nitrogen and oxygen atoms in total. The second kappa shape index (κ2) is 8.41. The second-order valence-corrected chi connectivity index (χ2v) is 7.99. The Morgan fingerprint density at radius 2 is 1.74 bits per heavy atom. The van der Waals surface area contributed by atoms with Gasteiger partial charge < -0.3 is 16.0 Å². The second-order valence-electron chi connectivity index (χ2n) is 7.12. The van der Waals surface area contributed by atoms with E-state index in [0.717, 1.165) is 5.56 Å². The normalized spacial score (nSPS) is 15.1. The number of benzene rings is 2. The predicted octanol–water partition coefficient (Wildman–Crippen LogP) is 4.19. The molecule has 0 saturated carbocycles. The van der Waals surface area contributed by atoms with Crippen molar-refractivity contribution in [3.8, 4) is 0 Å². The Labute approximate surface area is 187 Å². The minimum absolute atomic E-state index is 0.0406. The summed E-state index contributed by atoms with van der Waals surface area (Å²) in [6.45, 7) is 1.96. The molecule has 0 fully saturated rings. The minimum Gasteiger partial charge on any atom is -0.326 e. The summed E-state index contributed by atoms with van der Waals surface area (Å²) in [5.74, 6) is -1.79. The number of aromatic amines is 1. The van der Waals surface area contributed by atoms with Crippen molar-refractivity contribution >= 4 is 58.2 Å². The molecule has 158 valence electrons. The lowest BCUT2D eigenvalue weighted by Crippen LogP contribution is -2.36. The number of nitrogens with zero attached hydrogens (tertiary/aromatic N) is 1. The number of fused-ring (bicyclic) bond motifs is 1. The Kier molecular flexibility index (Phi) is 5.67. The molecule has 0 aliphatic carbocycles. The quantitative estimate of drug-likeness (QED) is 0.468. The zero-order valence-electron chi connectivity index (χ0n) is 16.3. The van der Waals surface area contributed by atoms with E-state index < -0.39 is 23.3 Å². The Morgan fingerprint density at radius 1 is 1.06 bits per heavy atom. The molecule has 0 bridgehead atoms. The maximum absolute atomic E-state index is 12.9. The van der Waals surface area contributed by atoms with E-state index in [1.54, 1.807) is 0 Å². The first-order valence-corrected chi connectivity index (χ1v) is 10.1. The van der Waals surface area contributed by atoms with Crippen molar-refractivity contribution in [3.63, 3.8) is 0 Å². The van der Waals surface area contributed by atoms with Crippen LogP contribution in [0, 0.1) is 6.92 Å². The van der Waals surface area contributed by atoms with Crippen LogP contribution < -0.4 is 21.5 Å². The monoisotopic (exact) mass is 457 g/mol. The fraction of sp³-hybridized carbons (Fsp3) is 0.143. The van der Waals surface area contributed by atoms with Crippen LogP contribution in [-0.4, -0.2) is 21.8 Å². The first-order valence-electron chi connectivity index (χ1n) is 9.33. The van der Waals surface area contributed by atoms with Gasteiger partial charge in [0.2, 0.25) is 17.8 Å². The van der Waals surface area contributed by atoms with Crippen LogP contribution in [0.2, 0.25) is 10.0 Å². The first kappa shape index (κ1) is 20.9. The number of aryl methyl sites for hydroxylation is 1. The summed E-state index contributed by atoms with van der Waals surface area (Å²) < 4.78 is 0. The molecule has 1 unspecified atom stereocenters. The van der Waals surface area contributed by atoms with E-state index in [1.165, 1.54) is 18.2 Å². The molecule has 4 N–H and O–H groups in total. The van der Waals surface area contributed by atoms with Crippen molar-refractivity contribution in [2.45, 2.75) is 19.3 Å². The molecule has 0 saturated heterocycles. The van der Waals surface area contributed by atoms with Gasteiger partial charge in [-0.15, -0.1) is 0 Å². The zero-order chi connectivity index (χ0) is 22.1. The van der Waals surface area contributed by atoms with Crippen LogP contribution in [-0.2, 0) is 9.59 Å². The van der Waals surface area contributed by atoms with Crippen LogP contribution in [0.3, 0.4) is 0 Å². The molecule has 31 heavy (non-hydrogen) atoms. The van der Waals surface area contributed by atoms with Gasteiger partial charge in [0.15, 0.2) is 0 Å². The van der Waals surface area contributed by atoms with E-state index in [9.17, 15) is 14.4 Å². The van der Waals surface area contributed by atoms with Gasteiger partial charge in [0.25, 0.3) is 5.56 Å². The molecule has 2 amide bonds. The van der Waals surface area contributed by atoms with E-state index >= 15 is 0 Å². The number of carbonyl (C=O) groups is 2. The molecular weight excluding hydrogens is 441 g/mol. The molecule has 1 aliphatic rings. The van der Waals surface area contributed by atoms with Gasteiger partial charge in [-0.05, 0) is 37.3 Å². The lowest BCUT2D eigenvalue weighted by atomic mass is 9.92. The molecule has 1 aliphatic heterocycles. The molecule has 0 radical (unpaired) electrons. The van der Waals surface area contributed by atoms with Gasteiger partial charge in [-0.3, -0.25) is 19.4 Å². The van der Waals surface area contributed by atoms with Crippen molar-refractivity contribution < 1.29 is 9.59 Å². The van der Waals surface area contributed by atoms with Gasteiger partial charge in [-0.1, -0.05) is 40.9 Å². The Bertz CT molecular complexity index is 1220. The summed E-state index contributed by atoms with van der Waals surface area (Å²) in [6, 6.07) is 12.0. The summed E-state index contributed by atoms with van der Waals surface area (Å²) in [7, 11) is 0. The average Bonchev–Trinajstić information content (AvgIpc) is 2.68. The van der Waals surface area contributed by atoms with Gasteiger partial charge in [-0.25, -0.2) is 0 Å². The molecule has 4 rings (SSSR count). The molecule has 2 heterocycles. The number of amides is 2. The molecular formula is C21H17Cl2N5O3. The van der Waals surface area contributed by atoms with Gasteiger partial charge in [0.1, 0.15) is 5.82 Å². The van der Waals surface area contributed by atoms with Crippen molar-refractivity contribution in [3.05, 3.63) is 74.0 Å². The number of H-pyrrole nitrogens is 1. The summed E-state index contributed by atoms with van der Waals surface area (Å²) in [5.41, 5.74) is 1.71. The van der Waals surface area contributed by atoms with E-state index in [0.29, 0.717) is 21.4 Å². The topological polar surface area (TPSA) is 116 Å². The summed E-state index contributed by atoms with van der Waals surface area (Å²) in [6.07, 6.45) is -0.192. The standard InChI is InChI=1S/C21H17Cl2N5O3/c1-10-2-4-13(5-3-10)25-21-27-18-17(20(31)28-21)15(9-16(29)26-18)19(30)24-14-7-11(22)6-12(23)8-14/h2-8,15H,9H2,1H3,(H,24,30)(H3,25,26,27,28,29,31). The third-order valence-electron chi connectivity index (χ3n) is 4.71. The van der Waals surface area contributed by atoms with Crippen molar-refractivity contribution in [2.75, 3.05) is 16.0 Å². The van der Waals surface area contributed by atoms with Gasteiger partial charge in [0, 0.05) is 27.8 Å². The van der Waals surface area contributed by atoms with Crippen molar-refractivity contribution in [1.29, 1.82) is 0 Å². The zero-order valence-corrected chi connectivity index (χ0v) is 17.8. The van der Waals surface area contributed by atoms with E-state index in [2.05, 4.69) is 25.9 Å². The molecule has 10 heteroatoms. The maximum atomic E-state index is 12.9. The minimum atomic E-state index is -1.02. The molecule has 1 atom stereocenters. The number of rotatable bonds is 4. The lowest BCUT2D eigenvalue weighted by molar-refractivity contribution is -0.123. The number of halogens is 2. The maximum Gasteiger partial charge on any atom is 0.258 e. The van der Waals surface area contributed by atoms with Gasteiger partial charge in [0.05, 0.1) is 11.5 Å². The highest BCUT2D eigenvalue weighted by Gasteiger charge is 2.34. The highest BCUT2D eigenvalue weighted by atomic mass is 35.5. The first-order chi connectivity index (χ1) is 14.8. The highest BCUT2D eigenvalue weighted by molar-refractivity contribution is 6.35. The Morgan fingerprint density at radius 3 is 2.42 bits per heavy atom. The van der Waals surface area contributed by atoms with Crippen molar-refractivity contribution in [1.82, 2.24) is 9.97 Å². The largest absolute Gasteiger partial charge is 0.326 e. The van der Waals surface area contributed by atoms with Gasteiger partial charge >= 0.3 is 0 Å². The molecule has 2 aromatic carbocycles. The number of carbonyl (C=O) groups excluding carboxylic acids is 2. The summed E-state index contributed by atoms with van der Waals surface area (Å²) in [4.78, 5) is 44.8. The summed E-state index contributed by atoms with van der Waals surface area (Å²) >= 11 is 11.9. The van der Waals surface area contributed by atoms with E-state index in [4.69, 9.17) is 23.2 Å². The number of hydrogen-bond acceptors (Lipinski definition) is 5. The predicted molar refractivity (Wildman–Crippen MR) is 120 cm³/mol. The third-order valence-corrected chi connectivity index (χ3v) is 5.15.